The number of alkyl halides is 3. The van der Waals surface area contributed by atoms with E-state index >= 15 is 0 Å². The van der Waals surface area contributed by atoms with Crippen LogP contribution in [0, 0.1) is 10.1 Å². The van der Waals surface area contributed by atoms with Gasteiger partial charge < -0.3 is 14.4 Å². The Morgan fingerprint density at radius 3 is 2.38 bits per heavy atom. The number of nitrogens with zero attached hydrogens (tertiary/aromatic N) is 3. The van der Waals surface area contributed by atoms with E-state index in [-0.39, 0.29) is 25.5 Å². The van der Waals surface area contributed by atoms with Gasteiger partial charge in [-0.15, -0.1) is 0 Å². The molecular weight excluding hydrogens is 679 g/mol. The molecular formula is C23H16Br2F3N3O7S. The minimum absolute atomic E-state index is 0.0271. The van der Waals surface area contributed by atoms with Crippen LogP contribution in [0.5, 0.6) is 11.5 Å². The first-order valence-corrected chi connectivity index (χ1v) is 13.4. The molecule has 0 atom stereocenters. The van der Waals surface area contributed by atoms with Gasteiger partial charge in [0.15, 0.2) is 5.75 Å². The summed E-state index contributed by atoms with van der Waals surface area (Å²) >= 11 is 7.20. The van der Waals surface area contributed by atoms with E-state index in [0.29, 0.717) is 55.8 Å². The van der Waals surface area contributed by atoms with Crippen LogP contribution in [-0.4, -0.2) is 64.6 Å². The van der Waals surface area contributed by atoms with Crippen molar-refractivity contribution in [1.29, 1.82) is 0 Å². The van der Waals surface area contributed by atoms with Crippen molar-refractivity contribution in [3.8, 4) is 11.5 Å². The molecule has 3 amide bonds. The summed E-state index contributed by atoms with van der Waals surface area (Å²) in [6.07, 6.45) is -3.36. The summed E-state index contributed by atoms with van der Waals surface area (Å²) in [5.41, 5.74) is -1.66. The van der Waals surface area contributed by atoms with E-state index in [0.717, 1.165) is 11.0 Å². The van der Waals surface area contributed by atoms with Crippen LogP contribution in [0.3, 0.4) is 0 Å². The van der Waals surface area contributed by atoms with Gasteiger partial charge in [-0.2, -0.15) is 13.2 Å². The summed E-state index contributed by atoms with van der Waals surface area (Å²) in [6.45, 7) is 1.11. The van der Waals surface area contributed by atoms with Crippen molar-refractivity contribution in [2.45, 2.75) is 6.18 Å². The van der Waals surface area contributed by atoms with E-state index in [2.05, 4.69) is 31.9 Å². The molecule has 0 aliphatic carbocycles. The number of carbonyl (C=O) groups is 3. The first-order chi connectivity index (χ1) is 18.3. The predicted octanol–water partition coefficient (Wildman–Crippen LogP) is 5.83. The number of hydrogen-bond acceptors (Lipinski definition) is 8. The zero-order valence-corrected chi connectivity index (χ0v) is 23.5. The Morgan fingerprint density at radius 1 is 1.15 bits per heavy atom. The summed E-state index contributed by atoms with van der Waals surface area (Å²) in [6, 6.07) is 4.87. The maximum absolute atomic E-state index is 13.0. The molecule has 2 heterocycles. The number of benzene rings is 2. The lowest BCUT2D eigenvalue weighted by molar-refractivity contribution is -0.385. The molecule has 0 unspecified atom stereocenters. The number of thioether (sulfide) groups is 1. The van der Waals surface area contributed by atoms with Crippen molar-refractivity contribution >= 4 is 72.4 Å². The number of amides is 3. The molecule has 2 fully saturated rings. The molecule has 206 valence electrons. The van der Waals surface area contributed by atoms with Crippen molar-refractivity contribution in [2.75, 3.05) is 32.8 Å². The summed E-state index contributed by atoms with van der Waals surface area (Å²) in [5, 5.41) is 10.8. The predicted molar refractivity (Wildman–Crippen MR) is 140 cm³/mol. The molecule has 2 aliphatic heterocycles. The summed E-state index contributed by atoms with van der Waals surface area (Å²) in [4.78, 5) is 50.6. The Kier molecular flexibility index (Phi) is 8.68. The fourth-order valence-corrected chi connectivity index (χ4v) is 5.85. The molecule has 0 bridgehead atoms. The van der Waals surface area contributed by atoms with Crippen LogP contribution in [0.4, 0.5) is 23.7 Å². The molecule has 4 rings (SSSR count). The Morgan fingerprint density at radius 2 is 1.79 bits per heavy atom. The maximum Gasteiger partial charge on any atom is 0.416 e. The fourth-order valence-electron chi connectivity index (χ4n) is 3.63. The lowest BCUT2D eigenvalue weighted by atomic mass is 10.1. The number of nitro benzene ring substituents is 1. The van der Waals surface area contributed by atoms with Crippen molar-refractivity contribution < 1.29 is 42.0 Å². The van der Waals surface area contributed by atoms with E-state index in [4.69, 9.17) is 9.47 Å². The Bertz CT molecular complexity index is 1370. The number of nitro groups is 1. The van der Waals surface area contributed by atoms with Crippen LogP contribution < -0.4 is 4.74 Å². The van der Waals surface area contributed by atoms with Gasteiger partial charge in [0.2, 0.25) is 11.7 Å². The average Bonchev–Trinajstić information content (AvgIpc) is 3.13. The molecule has 2 saturated heterocycles. The van der Waals surface area contributed by atoms with Gasteiger partial charge in [-0.25, -0.2) is 0 Å². The average molecular weight is 695 g/mol. The first kappa shape index (κ1) is 29.0. The van der Waals surface area contributed by atoms with Gasteiger partial charge in [0.1, 0.15) is 6.54 Å². The molecule has 2 aliphatic rings. The summed E-state index contributed by atoms with van der Waals surface area (Å²) in [7, 11) is 0. The Balaban J connectivity index is 1.54. The van der Waals surface area contributed by atoms with Crippen LogP contribution in [-0.2, 0) is 20.5 Å². The molecule has 16 heteroatoms. The van der Waals surface area contributed by atoms with Crippen LogP contribution in [0.2, 0.25) is 0 Å². The zero-order chi connectivity index (χ0) is 28.5. The number of halogens is 5. The standard InChI is InChI=1S/C23H16Br2F3N3O7S/c24-14-7-12(9-18-21(33)30(22(34)39-18)11-19(32)29-3-5-37-6-4-29)8-15(25)20(14)38-17-2-1-13(23(26,27)28)10-16(17)31(35)36/h1-2,7-10H,3-6,11H2/b18-9-. The molecule has 0 radical (unpaired) electrons. The highest BCUT2D eigenvalue weighted by Gasteiger charge is 2.37. The smallest absolute Gasteiger partial charge is 0.416 e. The maximum atomic E-state index is 13.0. The second-order valence-electron chi connectivity index (χ2n) is 8.11. The van der Waals surface area contributed by atoms with E-state index in [1.165, 1.54) is 23.1 Å². The number of morpholine rings is 1. The van der Waals surface area contributed by atoms with Crippen molar-refractivity contribution in [2.24, 2.45) is 0 Å². The van der Waals surface area contributed by atoms with E-state index in [9.17, 15) is 37.7 Å². The molecule has 0 saturated carbocycles. The third-order valence-electron chi connectivity index (χ3n) is 5.54. The van der Waals surface area contributed by atoms with Crippen LogP contribution in [0.1, 0.15) is 11.1 Å². The van der Waals surface area contributed by atoms with Crippen LogP contribution in [0.15, 0.2) is 44.2 Å². The number of imide groups is 1. The lowest BCUT2D eigenvalue weighted by Crippen LogP contribution is -2.46. The fraction of sp³-hybridized carbons (Fsp3) is 0.261. The highest BCUT2D eigenvalue weighted by molar-refractivity contribution is 9.11. The van der Waals surface area contributed by atoms with Gasteiger partial charge in [0, 0.05) is 19.2 Å². The second kappa shape index (κ2) is 11.7. The van der Waals surface area contributed by atoms with Gasteiger partial charge in [-0.3, -0.25) is 29.4 Å². The summed E-state index contributed by atoms with van der Waals surface area (Å²) < 4.78 is 50.3. The summed E-state index contributed by atoms with van der Waals surface area (Å²) in [5.74, 6) is -1.40. The van der Waals surface area contributed by atoms with Gasteiger partial charge in [0.25, 0.3) is 11.1 Å². The number of rotatable bonds is 6. The van der Waals surface area contributed by atoms with E-state index in [1.807, 2.05) is 0 Å². The number of ether oxygens (including phenoxy) is 2. The van der Waals surface area contributed by atoms with Crippen LogP contribution in [0.25, 0.3) is 6.08 Å². The molecule has 0 aromatic heterocycles. The highest BCUT2D eigenvalue weighted by atomic mass is 79.9. The zero-order valence-electron chi connectivity index (χ0n) is 19.5. The first-order valence-electron chi connectivity index (χ1n) is 11.0. The van der Waals surface area contributed by atoms with Gasteiger partial charge >= 0.3 is 11.9 Å². The minimum Gasteiger partial charge on any atom is -0.448 e. The van der Waals surface area contributed by atoms with Gasteiger partial charge in [0.05, 0.1) is 37.6 Å². The van der Waals surface area contributed by atoms with Crippen molar-refractivity contribution in [3.63, 3.8) is 0 Å². The molecule has 39 heavy (non-hydrogen) atoms. The Labute approximate surface area is 239 Å². The lowest BCUT2D eigenvalue weighted by Gasteiger charge is -2.28. The molecule has 2 aromatic carbocycles. The third kappa shape index (κ3) is 6.62. The van der Waals surface area contributed by atoms with E-state index < -0.39 is 45.8 Å². The van der Waals surface area contributed by atoms with Crippen molar-refractivity contribution in [3.05, 3.63) is 65.4 Å². The minimum atomic E-state index is -4.78. The molecule has 10 nitrogen and oxygen atoms in total. The number of carbonyl (C=O) groups excluding carboxylic acids is 3. The molecule has 2 aromatic rings. The highest BCUT2D eigenvalue weighted by Crippen LogP contribution is 2.43. The quantitative estimate of drug-likeness (QED) is 0.211. The molecule has 0 N–H and O–H groups in total. The van der Waals surface area contributed by atoms with Gasteiger partial charge in [-0.05, 0) is 79.5 Å². The normalized spacial score (nSPS) is 17.2. The number of hydrogen-bond donors (Lipinski definition) is 0. The monoisotopic (exact) mass is 693 g/mol. The van der Waals surface area contributed by atoms with Crippen LogP contribution >= 0.6 is 43.6 Å². The topological polar surface area (TPSA) is 119 Å². The SMILES string of the molecule is O=C(CN1C(=O)S/C(=C\c2cc(Br)c(Oc3ccc(C(F)(F)F)cc3[N+](=O)[O-])c(Br)c2)C1=O)N1CCOCC1. The second-order valence-corrected chi connectivity index (χ2v) is 10.8. The van der Waals surface area contributed by atoms with Gasteiger partial charge in [-0.1, -0.05) is 0 Å². The Hall–Kier alpha value is -2.95. The molecule has 0 spiro atoms. The largest absolute Gasteiger partial charge is 0.448 e. The third-order valence-corrected chi connectivity index (χ3v) is 7.63. The van der Waals surface area contributed by atoms with Crippen molar-refractivity contribution in [1.82, 2.24) is 9.80 Å². The van der Waals surface area contributed by atoms with E-state index in [1.54, 1.807) is 0 Å².